The Balaban J connectivity index is 2.53. The zero-order valence-electron chi connectivity index (χ0n) is 12.3. The van der Waals surface area contributed by atoms with E-state index in [2.05, 4.69) is 4.52 Å². The number of aliphatic hydroxyl groups excluding tert-OH is 1. The van der Waals surface area contributed by atoms with E-state index in [1.165, 1.54) is 6.07 Å². The zero-order chi connectivity index (χ0) is 16.9. The number of hydrogen-bond donors (Lipinski definition) is 3. The molecule has 126 valence electrons. The van der Waals surface area contributed by atoms with Crippen molar-refractivity contribution in [2.45, 2.75) is 32.0 Å². The first kappa shape index (κ1) is 19.5. The van der Waals surface area contributed by atoms with Gasteiger partial charge < -0.3 is 14.9 Å². The molecule has 0 saturated carbocycles. The molecule has 0 saturated heterocycles. The number of benzene rings is 1. The molecule has 3 N–H and O–H groups in total. The second-order valence-corrected chi connectivity index (χ2v) is 6.77. The van der Waals surface area contributed by atoms with Gasteiger partial charge in [-0.25, -0.2) is 8.96 Å². The zero-order valence-corrected chi connectivity index (χ0v) is 14.0. The normalized spacial score (nSPS) is 15.1. The van der Waals surface area contributed by atoms with Crippen molar-refractivity contribution in [2.24, 2.45) is 0 Å². The van der Waals surface area contributed by atoms with Crippen LogP contribution in [-0.4, -0.2) is 45.6 Å². The lowest BCUT2D eigenvalue weighted by Crippen LogP contribution is -2.33. The average molecular weight is 356 g/mol. The van der Waals surface area contributed by atoms with Crippen LogP contribution in [0.15, 0.2) is 18.2 Å². The Labute approximate surface area is 133 Å². The van der Waals surface area contributed by atoms with Crippen molar-refractivity contribution in [3.63, 3.8) is 0 Å². The molecule has 0 radical (unpaired) electrons. The van der Waals surface area contributed by atoms with Gasteiger partial charge >= 0.3 is 7.82 Å². The molecule has 1 aromatic carbocycles. The van der Waals surface area contributed by atoms with Crippen molar-refractivity contribution >= 4 is 19.4 Å². The Hall–Kier alpha value is -0.530. The summed E-state index contributed by atoms with van der Waals surface area (Å²) < 4.78 is 28.2. The Bertz CT molecular complexity index is 541. The van der Waals surface area contributed by atoms with Gasteiger partial charge in [-0.15, -0.1) is 0 Å². The number of phosphoric acid groups is 1. The van der Waals surface area contributed by atoms with Gasteiger partial charge in [-0.1, -0.05) is 23.7 Å². The van der Waals surface area contributed by atoms with E-state index in [0.29, 0.717) is 12.1 Å². The van der Waals surface area contributed by atoms with Crippen LogP contribution in [0.4, 0.5) is 4.39 Å². The summed E-state index contributed by atoms with van der Waals surface area (Å²) in [5.74, 6) is -0.490. The minimum Gasteiger partial charge on any atom is -0.391 e. The fourth-order valence-electron chi connectivity index (χ4n) is 1.92. The molecule has 9 heteroatoms. The van der Waals surface area contributed by atoms with Crippen molar-refractivity contribution in [1.82, 2.24) is 4.90 Å². The Morgan fingerprint density at radius 3 is 2.68 bits per heavy atom. The largest absolute Gasteiger partial charge is 0.469 e. The maximum absolute atomic E-state index is 13.4. The molecule has 6 nitrogen and oxygen atoms in total. The standard InChI is InChI=1S/C13H20ClFNO5P/c1-9(6-11(17)8-21-22(18,19)20)16(2)7-10-4-3-5-12(15)13(10)14/h3-5,9,11,17H,6-8H2,1-2H3,(H2,18,19,20)/t9-,11+/m0/s1. The van der Waals surface area contributed by atoms with Gasteiger partial charge in [0, 0.05) is 12.6 Å². The molecule has 0 bridgehead atoms. The lowest BCUT2D eigenvalue weighted by molar-refractivity contribution is 0.0584. The number of hydrogen-bond acceptors (Lipinski definition) is 4. The van der Waals surface area contributed by atoms with Crippen LogP contribution >= 0.6 is 19.4 Å². The summed E-state index contributed by atoms with van der Waals surface area (Å²) in [7, 11) is -2.81. The van der Waals surface area contributed by atoms with Gasteiger partial charge in [-0.3, -0.25) is 9.42 Å². The first-order chi connectivity index (χ1) is 10.1. The summed E-state index contributed by atoms with van der Waals surface area (Å²) in [5.41, 5.74) is 0.622. The molecule has 0 aromatic heterocycles. The number of halogens is 2. The van der Waals surface area contributed by atoms with Crippen molar-refractivity contribution in [2.75, 3.05) is 13.7 Å². The van der Waals surface area contributed by atoms with Gasteiger partial charge in [0.25, 0.3) is 0 Å². The number of nitrogens with zero attached hydrogens (tertiary/aromatic N) is 1. The average Bonchev–Trinajstić information content (AvgIpc) is 2.40. The van der Waals surface area contributed by atoms with Gasteiger partial charge in [0.1, 0.15) is 5.82 Å². The van der Waals surface area contributed by atoms with Crippen LogP contribution in [0.1, 0.15) is 18.9 Å². The van der Waals surface area contributed by atoms with E-state index in [9.17, 15) is 14.1 Å². The Kier molecular flexibility index (Phi) is 7.41. The van der Waals surface area contributed by atoms with Gasteiger partial charge in [-0.05, 0) is 32.0 Å². The molecule has 1 rings (SSSR count). The second-order valence-electron chi connectivity index (χ2n) is 5.15. The van der Waals surface area contributed by atoms with E-state index in [0.717, 1.165) is 0 Å². The third kappa shape index (κ3) is 6.71. The van der Waals surface area contributed by atoms with E-state index in [1.54, 1.807) is 19.2 Å². The number of phosphoric ester groups is 1. The molecule has 22 heavy (non-hydrogen) atoms. The summed E-state index contributed by atoms with van der Waals surface area (Å²) in [5, 5.41) is 9.78. The van der Waals surface area contributed by atoms with Crippen molar-refractivity contribution in [1.29, 1.82) is 0 Å². The Morgan fingerprint density at radius 1 is 1.45 bits per heavy atom. The molecule has 0 aliphatic heterocycles. The van der Waals surface area contributed by atoms with Crippen molar-refractivity contribution in [3.8, 4) is 0 Å². The first-order valence-corrected chi connectivity index (χ1v) is 8.52. The van der Waals surface area contributed by atoms with Crippen LogP contribution in [-0.2, 0) is 15.6 Å². The van der Waals surface area contributed by atoms with Crippen molar-refractivity contribution in [3.05, 3.63) is 34.6 Å². The summed E-state index contributed by atoms with van der Waals surface area (Å²) >= 11 is 5.89. The molecule has 0 fully saturated rings. The summed E-state index contributed by atoms with van der Waals surface area (Å²) in [6, 6.07) is 4.42. The smallest absolute Gasteiger partial charge is 0.391 e. The van der Waals surface area contributed by atoms with Crippen LogP contribution in [0.5, 0.6) is 0 Å². The minimum atomic E-state index is -4.59. The third-order valence-corrected chi connectivity index (χ3v) is 4.16. The van der Waals surface area contributed by atoms with Gasteiger partial charge in [0.05, 0.1) is 17.7 Å². The molecular weight excluding hydrogens is 336 g/mol. The van der Waals surface area contributed by atoms with E-state index in [-0.39, 0.29) is 17.5 Å². The quantitative estimate of drug-likeness (QED) is 0.619. The number of aliphatic hydroxyl groups is 1. The topological polar surface area (TPSA) is 90.2 Å². The molecule has 0 heterocycles. The van der Waals surface area contributed by atoms with Gasteiger partial charge in [0.15, 0.2) is 0 Å². The predicted octanol–water partition coefficient (Wildman–Crippen LogP) is 2.16. The van der Waals surface area contributed by atoms with E-state index in [4.69, 9.17) is 21.4 Å². The number of rotatable bonds is 8. The maximum Gasteiger partial charge on any atom is 0.469 e. The van der Waals surface area contributed by atoms with Gasteiger partial charge in [0.2, 0.25) is 0 Å². The van der Waals surface area contributed by atoms with Crippen molar-refractivity contribution < 1.29 is 28.4 Å². The Morgan fingerprint density at radius 2 is 2.09 bits per heavy atom. The minimum absolute atomic E-state index is 0.0620. The monoisotopic (exact) mass is 355 g/mol. The highest BCUT2D eigenvalue weighted by Crippen LogP contribution is 2.35. The maximum atomic E-state index is 13.4. The van der Waals surface area contributed by atoms with E-state index < -0.39 is 26.4 Å². The van der Waals surface area contributed by atoms with Crippen LogP contribution in [0.2, 0.25) is 5.02 Å². The first-order valence-electron chi connectivity index (χ1n) is 6.61. The molecule has 0 amide bonds. The summed E-state index contributed by atoms with van der Waals surface area (Å²) in [6.45, 7) is 1.75. The highest BCUT2D eigenvalue weighted by molar-refractivity contribution is 7.46. The lowest BCUT2D eigenvalue weighted by atomic mass is 10.1. The van der Waals surface area contributed by atoms with Crippen LogP contribution in [0, 0.1) is 5.82 Å². The SMILES string of the molecule is C[C@@H](C[C@@H](O)COP(=O)(O)O)N(C)Cc1cccc(F)c1Cl. The lowest BCUT2D eigenvalue weighted by Gasteiger charge is -2.27. The summed E-state index contributed by atoms with van der Waals surface area (Å²) in [4.78, 5) is 19.0. The van der Waals surface area contributed by atoms with E-state index in [1.807, 2.05) is 11.8 Å². The third-order valence-electron chi connectivity index (χ3n) is 3.25. The molecule has 2 atom stereocenters. The summed E-state index contributed by atoms with van der Waals surface area (Å²) in [6.07, 6.45) is -0.781. The van der Waals surface area contributed by atoms with Gasteiger partial charge in [-0.2, -0.15) is 0 Å². The molecule has 1 aromatic rings. The molecule has 0 unspecified atom stereocenters. The second kappa shape index (κ2) is 8.36. The molecule has 0 aliphatic carbocycles. The van der Waals surface area contributed by atoms with E-state index >= 15 is 0 Å². The highest BCUT2D eigenvalue weighted by Gasteiger charge is 2.20. The highest BCUT2D eigenvalue weighted by atomic mass is 35.5. The van der Waals surface area contributed by atoms with Crippen LogP contribution in [0.25, 0.3) is 0 Å². The molecule has 0 aliphatic rings. The van der Waals surface area contributed by atoms with Crippen LogP contribution < -0.4 is 0 Å². The molecular formula is C13H20ClFNO5P. The fourth-order valence-corrected chi connectivity index (χ4v) is 2.47. The molecule has 0 spiro atoms. The fraction of sp³-hybridized carbons (Fsp3) is 0.538. The van der Waals surface area contributed by atoms with Crippen LogP contribution in [0.3, 0.4) is 0 Å². The predicted molar refractivity (Wildman–Crippen MR) is 81.0 cm³/mol.